The number of hydrogen-bond donors (Lipinski definition) is 0. The summed E-state index contributed by atoms with van der Waals surface area (Å²) in [6, 6.07) is 2.70. The Hall–Kier alpha value is -2.20. The van der Waals surface area contributed by atoms with Gasteiger partial charge in [0.1, 0.15) is 5.75 Å². The molecule has 1 aliphatic rings. The molecular weight excluding hydrogens is 406 g/mol. The molecule has 3 heterocycles. The summed E-state index contributed by atoms with van der Waals surface area (Å²) in [7, 11) is -3.32. The molecular formula is C20H31N5O4S. The van der Waals surface area contributed by atoms with Crippen LogP contribution in [-0.4, -0.2) is 73.5 Å². The number of nitrogens with zero attached hydrogens (tertiary/aromatic N) is 5. The van der Waals surface area contributed by atoms with Crippen molar-refractivity contribution < 1.29 is 17.7 Å². The van der Waals surface area contributed by atoms with Crippen molar-refractivity contribution in [3.05, 3.63) is 23.7 Å². The Kier molecular flexibility index (Phi) is 6.97. The standard InChI is InChI=1S/C20H31N5O4S/c1-14(2)18-22-20(29-23-18)25-9-7-24(8-10-25)16(4)6-11-28-17-12-15(3)19(21-13-17)30(5,26)27/h12-14,16H,6-11H2,1-5H3. The third-order valence-corrected chi connectivity index (χ3v) is 6.45. The van der Waals surface area contributed by atoms with Gasteiger partial charge in [-0.25, -0.2) is 13.4 Å². The van der Waals surface area contributed by atoms with Crippen molar-refractivity contribution >= 4 is 15.9 Å². The zero-order valence-electron chi connectivity index (χ0n) is 18.3. The normalized spacial score (nSPS) is 16.8. The van der Waals surface area contributed by atoms with E-state index in [-0.39, 0.29) is 10.9 Å². The highest BCUT2D eigenvalue weighted by molar-refractivity contribution is 7.90. The van der Waals surface area contributed by atoms with E-state index in [0.29, 0.717) is 30.0 Å². The first kappa shape index (κ1) is 22.5. The van der Waals surface area contributed by atoms with E-state index in [4.69, 9.17) is 9.26 Å². The van der Waals surface area contributed by atoms with Crippen LogP contribution in [0, 0.1) is 6.92 Å². The van der Waals surface area contributed by atoms with Crippen LogP contribution >= 0.6 is 0 Å². The minimum absolute atomic E-state index is 0.0999. The first-order valence-corrected chi connectivity index (χ1v) is 12.2. The van der Waals surface area contributed by atoms with Crippen molar-refractivity contribution in [1.82, 2.24) is 20.0 Å². The molecule has 166 valence electrons. The number of rotatable bonds is 8. The van der Waals surface area contributed by atoms with Crippen LogP contribution in [0.5, 0.6) is 5.75 Å². The van der Waals surface area contributed by atoms with Crippen LogP contribution in [0.4, 0.5) is 6.01 Å². The van der Waals surface area contributed by atoms with Gasteiger partial charge in [-0.3, -0.25) is 4.90 Å². The lowest BCUT2D eigenvalue weighted by atomic mass is 10.2. The molecule has 1 fully saturated rings. The van der Waals surface area contributed by atoms with Crippen LogP contribution in [0.1, 0.15) is 44.5 Å². The van der Waals surface area contributed by atoms with Gasteiger partial charge in [-0.05, 0) is 31.9 Å². The number of aromatic nitrogens is 3. The Morgan fingerprint density at radius 1 is 1.20 bits per heavy atom. The maximum atomic E-state index is 11.7. The van der Waals surface area contributed by atoms with E-state index in [0.717, 1.165) is 44.7 Å². The summed E-state index contributed by atoms with van der Waals surface area (Å²) < 4.78 is 34.5. The minimum atomic E-state index is -3.32. The Labute approximate surface area is 178 Å². The van der Waals surface area contributed by atoms with Gasteiger partial charge in [0.25, 0.3) is 0 Å². The summed E-state index contributed by atoms with van der Waals surface area (Å²) in [6.45, 7) is 12.1. The maximum Gasteiger partial charge on any atom is 0.324 e. The van der Waals surface area contributed by atoms with Crippen molar-refractivity contribution in [1.29, 1.82) is 0 Å². The summed E-state index contributed by atoms with van der Waals surface area (Å²) >= 11 is 0. The molecule has 1 unspecified atom stereocenters. The van der Waals surface area contributed by atoms with Crippen LogP contribution in [0.2, 0.25) is 0 Å². The fraction of sp³-hybridized carbons (Fsp3) is 0.650. The molecule has 0 amide bonds. The number of anilines is 1. The molecule has 2 aromatic heterocycles. The number of piperazine rings is 1. The summed E-state index contributed by atoms with van der Waals surface area (Å²) in [6.07, 6.45) is 3.50. The molecule has 0 radical (unpaired) electrons. The highest BCUT2D eigenvalue weighted by atomic mass is 32.2. The maximum absolute atomic E-state index is 11.7. The Balaban J connectivity index is 1.45. The number of aryl methyl sites for hydroxylation is 1. The van der Waals surface area contributed by atoms with E-state index in [1.54, 1.807) is 13.0 Å². The third kappa shape index (κ3) is 5.48. The quantitative estimate of drug-likeness (QED) is 0.615. The molecule has 10 heteroatoms. The molecule has 2 aromatic rings. The van der Waals surface area contributed by atoms with Gasteiger partial charge in [-0.1, -0.05) is 19.0 Å². The molecule has 30 heavy (non-hydrogen) atoms. The summed E-state index contributed by atoms with van der Waals surface area (Å²) in [4.78, 5) is 13.1. The Bertz CT molecular complexity index is 952. The molecule has 3 rings (SSSR count). The second-order valence-corrected chi connectivity index (χ2v) is 10.1. The van der Waals surface area contributed by atoms with E-state index in [1.807, 2.05) is 13.8 Å². The third-order valence-electron chi connectivity index (χ3n) is 5.32. The summed E-state index contributed by atoms with van der Waals surface area (Å²) in [5, 5.41) is 4.14. The van der Waals surface area contributed by atoms with Gasteiger partial charge in [0, 0.05) is 44.4 Å². The first-order chi connectivity index (χ1) is 14.1. The van der Waals surface area contributed by atoms with Gasteiger partial charge in [0.05, 0.1) is 12.8 Å². The van der Waals surface area contributed by atoms with Gasteiger partial charge in [-0.15, -0.1) is 0 Å². The first-order valence-electron chi connectivity index (χ1n) is 10.3. The van der Waals surface area contributed by atoms with Crippen molar-refractivity contribution in [2.75, 3.05) is 43.9 Å². The zero-order chi connectivity index (χ0) is 21.9. The molecule has 1 atom stereocenters. The lowest BCUT2D eigenvalue weighted by molar-refractivity contribution is 0.163. The highest BCUT2D eigenvalue weighted by Gasteiger charge is 2.24. The monoisotopic (exact) mass is 437 g/mol. The number of hydrogen-bond acceptors (Lipinski definition) is 9. The lowest BCUT2D eigenvalue weighted by Crippen LogP contribution is -2.50. The van der Waals surface area contributed by atoms with E-state index in [2.05, 4.69) is 31.8 Å². The smallest absolute Gasteiger partial charge is 0.324 e. The second kappa shape index (κ2) is 9.30. The molecule has 1 aliphatic heterocycles. The van der Waals surface area contributed by atoms with Crippen molar-refractivity contribution in [2.24, 2.45) is 0 Å². The van der Waals surface area contributed by atoms with Gasteiger partial charge < -0.3 is 14.2 Å². The number of ether oxygens (including phenoxy) is 1. The van der Waals surface area contributed by atoms with Gasteiger partial charge in [-0.2, -0.15) is 4.98 Å². The molecule has 0 bridgehead atoms. The van der Waals surface area contributed by atoms with E-state index < -0.39 is 9.84 Å². The molecule has 1 saturated heterocycles. The largest absolute Gasteiger partial charge is 0.492 e. The second-order valence-electron chi connectivity index (χ2n) is 8.16. The highest BCUT2D eigenvalue weighted by Crippen LogP contribution is 2.20. The zero-order valence-corrected chi connectivity index (χ0v) is 19.1. The minimum Gasteiger partial charge on any atom is -0.492 e. The Morgan fingerprint density at radius 2 is 1.90 bits per heavy atom. The van der Waals surface area contributed by atoms with Crippen LogP contribution in [0.3, 0.4) is 0 Å². The van der Waals surface area contributed by atoms with Crippen molar-refractivity contribution in [3.63, 3.8) is 0 Å². The fourth-order valence-corrected chi connectivity index (χ4v) is 4.36. The van der Waals surface area contributed by atoms with Crippen LogP contribution in [0.25, 0.3) is 0 Å². The van der Waals surface area contributed by atoms with E-state index in [1.165, 1.54) is 6.20 Å². The van der Waals surface area contributed by atoms with Gasteiger partial charge in [0.2, 0.25) is 0 Å². The van der Waals surface area contributed by atoms with Crippen LogP contribution < -0.4 is 9.64 Å². The van der Waals surface area contributed by atoms with Gasteiger partial charge in [0.15, 0.2) is 20.7 Å². The van der Waals surface area contributed by atoms with E-state index >= 15 is 0 Å². The van der Waals surface area contributed by atoms with Crippen LogP contribution in [0.15, 0.2) is 21.8 Å². The van der Waals surface area contributed by atoms with Crippen molar-refractivity contribution in [3.8, 4) is 5.75 Å². The fourth-order valence-electron chi connectivity index (χ4n) is 3.48. The van der Waals surface area contributed by atoms with E-state index in [9.17, 15) is 8.42 Å². The predicted octanol–water partition coefficient (Wildman–Crippen LogP) is 2.28. The molecule has 0 N–H and O–H groups in total. The number of sulfone groups is 1. The van der Waals surface area contributed by atoms with Gasteiger partial charge >= 0.3 is 6.01 Å². The summed E-state index contributed by atoms with van der Waals surface area (Å²) in [5.41, 5.74) is 0.598. The average Bonchev–Trinajstić information content (AvgIpc) is 3.18. The SMILES string of the molecule is Cc1cc(OCCC(C)N2CCN(c3nc(C(C)C)no3)CC2)cnc1S(C)(=O)=O. The molecule has 0 aromatic carbocycles. The molecule has 9 nitrogen and oxygen atoms in total. The Morgan fingerprint density at radius 3 is 2.47 bits per heavy atom. The summed E-state index contributed by atoms with van der Waals surface area (Å²) in [5.74, 6) is 1.59. The van der Waals surface area contributed by atoms with Crippen molar-refractivity contribution in [2.45, 2.75) is 51.1 Å². The lowest BCUT2D eigenvalue weighted by Gasteiger charge is -2.37. The molecule has 0 spiro atoms. The number of pyridine rings is 1. The predicted molar refractivity (Wildman–Crippen MR) is 114 cm³/mol. The molecule has 0 aliphatic carbocycles. The topological polar surface area (TPSA) is 102 Å². The van der Waals surface area contributed by atoms with Crippen LogP contribution in [-0.2, 0) is 9.84 Å². The molecule has 0 saturated carbocycles. The average molecular weight is 438 g/mol.